The second kappa shape index (κ2) is 5.27. The van der Waals surface area contributed by atoms with Crippen molar-refractivity contribution >= 4 is 5.97 Å². The Labute approximate surface area is 106 Å². The first-order chi connectivity index (χ1) is 8.22. The quantitative estimate of drug-likeness (QED) is 0.636. The Hall–Kier alpha value is -1.75. The average Bonchev–Trinajstić information content (AvgIpc) is 2.21. The number of phenolic OH excluding ortho intramolecular Hbond substituents is 2. The molecule has 2 atom stereocenters. The lowest BCUT2D eigenvalue weighted by Gasteiger charge is -2.23. The largest absolute Gasteiger partial charge is 0.508 e. The molecule has 1 aromatic rings. The number of phenols is 2. The fraction of sp³-hybridized carbons (Fsp3) is 0.462. The highest BCUT2D eigenvalue weighted by Gasteiger charge is 2.30. The second-order valence-corrected chi connectivity index (χ2v) is 5.05. The van der Waals surface area contributed by atoms with E-state index in [2.05, 4.69) is 0 Å². The van der Waals surface area contributed by atoms with Crippen LogP contribution in [0.15, 0.2) is 18.2 Å². The van der Waals surface area contributed by atoms with Gasteiger partial charge in [-0.15, -0.1) is 0 Å². The molecule has 5 N–H and O–H groups in total. The summed E-state index contributed by atoms with van der Waals surface area (Å²) in [5.74, 6) is -1.02. The van der Waals surface area contributed by atoms with Crippen molar-refractivity contribution in [2.75, 3.05) is 0 Å². The maximum Gasteiger partial charge on any atom is 0.323 e. The van der Waals surface area contributed by atoms with Gasteiger partial charge in [-0.05, 0) is 37.3 Å². The van der Waals surface area contributed by atoms with Crippen LogP contribution in [-0.4, -0.2) is 26.8 Å². The van der Waals surface area contributed by atoms with Crippen molar-refractivity contribution in [3.05, 3.63) is 23.8 Å². The number of carboxylic acid groups (broad SMARTS) is 1. The van der Waals surface area contributed by atoms with Gasteiger partial charge in [0.05, 0.1) is 0 Å². The summed E-state index contributed by atoms with van der Waals surface area (Å²) in [6.07, 6.45) is 0.814. The van der Waals surface area contributed by atoms with Crippen molar-refractivity contribution < 1.29 is 20.1 Å². The molecule has 0 spiro atoms. The third-order valence-electron chi connectivity index (χ3n) is 2.90. The molecule has 0 fully saturated rings. The summed E-state index contributed by atoms with van der Waals surface area (Å²) in [6, 6.07) is 4.37. The van der Waals surface area contributed by atoms with E-state index in [0.29, 0.717) is 18.4 Å². The van der Waals surface area contributed by atoms with Crippen LogP contribution in [0, 0.1) is 5.92 Å². The molecule has 5 heteroatoms. The fourth-order valence-electron chi connectivity index (χ4n) is 1.98. The molecule has 0 saturated carbocycles. The van der Waals surface area contributed by atoms with Crippen LogP contribution in [-0.2, 0) is 11.2 Å². The highest BCUT2D eigenvalue weighted by atomic mass is 16.4. The molecule has 0 aromatic heterocycles. The molecule has 2 unspecified atom stereocenters. The van der Waals surface area contributed by atoms with Crippen LogP contribution in [0.25, 0.3) is 0 Å². The van der Waals surface area contributed by atoms with Gasteiger partial charge in [-0.2, -0.15) is 0 Å². The summed E-state index contributed by atoms with van der Waals surface area (Å²) in [4.78, 5) is 10.9. The maximum atomic E-state index is 10.9. The number of benzene rings is 1. The van der Waals surface area contributed by atoms with Gasteiger partial charge in [0.25, 0.3) is 0 Å². The molecule has 0 aliphatic heterocycles. The highest BCUT2D eigenvalue weighted by molar-refractivity contribution is 5.77. The van der Waals surface area contributed by atoms with E-state index in [4.69, 9.17) is 10.8 Å². The van der Waals surface area contributed by atoms with E-state index in [9.17, 15) is 15.0 Å². The summed E-state index contributed by atoms with van der Waals surface area (Å²) in [6.45, 7) is 3.35. The minimum Gasteiger partial charge on any atom is -0.508 e. The molecular formula is C13H19NO4. The van der Waals surface area contributed by atoms with Gasteiger partial charge in [0.1, 0.15) is 17.0 Å². The minimum atomic E-state index is -1.27. The van der Waals surface area contributed by atoms with Crippen LogP contribution in [0.4, 0.5) is 0 Å². The maximum absolute atomic E-state index is 10.9. The predicted octanol–water partition coefficient (Wildman–Crippen LogP) is 1.47. The van der Waals surface area contributed by atoms with Crippen molar-refractivity contribution in [2.24, 2.45) is 11.7 Å². The standard InChI is InChI=1S/C13H19NO4/c1-8(7-13(2,14)12(17)18)5-9-3-4-10(15)6-11(9)16/h3-4,6,8,15-16H,5,7,14H2,1-2H3,(H,17,18). The fourth-order valence-corrected chi connectivity index (χ4v) is 1.98. The van der Waals surface area contributed by atoms with Gasteiger partial charge < -0.3 is 21.1 Å². The summed E-state index contributed by atoms with van der Waals surface area (Å²) in [5.41, 5.74) is 5.07. The second-order valence-electron chi connectivity index (χ2n) is 5.05. The average molecular weight is 253 g/mol. The van der Waals surface area contributed by atoms with Gasteiger partial charge >= 0.3 is 5.97 Å². The van der Waals surface area contributed by atoms with Crippen molar-refractivity contribution in [2.45, 2.75) is 32.2 Å². The lowest BCUT2D eigenvalue weighted by Crippen LogP contribution is -2.46. The summed E-state index contributed by atoms with van der Waals surface area (Å²) in [7, 11) is 0. The summed E-state index contributed by atoms with van der Waals surface area (Å²) >= 11 is 0. The SMILES string of the molecule is CC(Cc1ccc(O)cc1O)CC(C)(N)C(=O)O. The van der Waals surface area contributed by atoms with Crippen molar-refractivity contribution in [1.82, 2.24) is 0 Å². The van der Waals surface area contributed by atoms with E-state index in [-0.39, 0.29) is 17.4 Å². The van der Waals surface area contributed by atoms with Crippen molar-refractivity contribution in [1.29, 1.82) is 0 Å². The van der Waals surface area contributed by atoms with Crippen LogP contribution < -0.4 is 5.73 Å². The van der Waals surface area contributed by atoms with Gasteiger partial charge in [-0.3, -0.25) is 4.79 Å². The molecule has 0 heterocycles. The molecule has 0 saturated heterocycles. The molecule has 1 rings (SSSR count). The van der Waals surface area contributed by atoms with E-state index in [1.807, 2.05) is 6.92 Å². The molecule has 18 heavy (non-hydrogen) atoms. The number of nitrogens with two attached hydrogens (primary N) is 1. The highest BCUT2D eigenvalue weighted by Crippen LogP contribution is 2.27. The molecule has 5 nitrogen and oxygen atoms in total. The predicted molar refractivity (Wildman–Crippen MR) is 67.5 cm³/mol. The number of hydrogen-bond acceptors (Lipinski definition) is 4. The minimum absolute atomic E-state index is 0.00176. The van der Waals surface area contributed by atoms with Gasteiger partial charge in [0, 0.05) is 6.07 Å². The van der Waals surface area contributed by atoms with Crippen LogP contribution in [0.3, 0.4) is 0 Å². The number of rotatable bonds is 5. The van der Waals surface area contributed by atoms with Crippen LogP contribution in [0.2, 0.25) is 0 Å². The normalized spacial score (nSPS) is 15.9. The zero-order valence-corrected chi connectivity index (χ0v) is 10.6. The van der Waals surface area contributed by atoms with Crippen molar-refractivity contribution in [3.8, 4) is 11.5 Å². The van der Waals surface area contributed by atoms with Crippen molar-refractivity contribution in [3.63, 3.8) is 0 Å². The molecule has 0 aliphatic carbocycles. The van der Waals surface area contributed by atoms with E-state index in [0.717, 1.165) is 0 Å². The van der Waals surface area contributed by atoms with Crippen LogP contribution in [0.1, 0.15) is 25.8 Å². The number of aliphatic carboxylic acids is 1. The number of hydrogen-bond donors (Lipinski definition) is 4. The number of carbonyl (C=O) groups is 1. The van der Waals surface area contributed by atoms with Crippen LogP contribution in [0.5, 0.6) is 11.5 Å². The monoisotopic (exact) mass is 253 g/mol. The molecule has 0 radical (unpaired) electrons. The first kappa shape index (κ1) is 14.3. The topological polar surface area (TPSA) is 104 Å². The van der Waals surface area contributed by atoms with Gasteiger partial charge in [-0.1, -0.05) is 13.0 Å². The first-order valence-corrected chi connectivity index (χ1v) is 5.75. The van der Waals surface area contributed by atoms with E-state index >= 15 is 0 Å². The summed E-state index contributed by atoms with van der Waals surface area (Å²) in [5, 5.41) is 27.8. The lowest BCUT2D eigenvalue weighted by atomic mass is 9.87. The molecule has 0 bridgehead atoms. The zero-order chi connectivity index (χ0) is 13.9. The van der Waals surface area contributed by atoms with Crippen LogP contribution >= 0.6 is 0 Å². The Bertz CT molecular complexity index is 443. The Morgan fingerprint density at radius 1 is 1.44 bits per heavy atom. The van der Waals surface area contributed by atoms with E-state index in [1.165, 1.54) is 19.1 Å². The van der Waals surface area contributed by atoms with E-state index in [1.54, 1.807) is 6.07 Å². The lowest BCUT2D eigenvalue weighted by molar-refractivity contribution is -0.143. The van der Waals surface area contributed by atoms with Gasteiger partial charge in [-0.25, -0.2) is 0 Å². The Morgan fingerprint density at radius 2 is 2.06 bits per heavy atom. The molecule has 0 aliphatic rings. The van der Waals surface area contributed by atoms with Gasteiger partial charge in [0.2, 0.25) is 0 Å². The van der Waals surface area contributed by atoms with E-state index < -0.39 is 11.5 Å². The van der Waals surface area contributed by atoms with Gasteiger partial charge in [0.15, 0.2) is 0 Å². The smallest absolute Gasteiger partial charge is 0.323 e. The zero-order valence-electron chi connectivity index (χ0n) is 10.6. The Morgan fingerprint density at radius 3 is 2.56 bits per heavy atom. The number of carboxylic acids is 1. The molecular weight excluding hydrogens is 234 g/mol. The first-order valence-electron chi connectivity index (χ1n) is 5.75. The Kier molecular flexibility index (Phi) is 4.19. The molecule has 100 valence electrons. The summed E-state index contributed by atoms with van der Waals surface area (Å²) < 4.78 is 0. The third kappa shape index (κ3) is 3.63. The molecule has 0 amide bonds. The molecule has 1 aromatic carbocycles. The number of aromatic hydroxyl groups is 2. The third-order valence-corrected chi connectivity index (χ3v) is 2.90. The Balaban J connectivity index is 2.70.